The summed E-state index contributed by atoms with van der Waals surface area (Å²) >= 11 is 0. The minimum Gasteiger partial charge on any atom is -0.205 e. The van der Waals surface area contributed by atoms with Gasteiger partial charge in [-0.3, -0.25) is 0 Å². The summed E-state index contributed by atoms with van der Waals surface area (Å²) in [6, 6.07) is 12.6. The Balaban J connectivity index is 1.88. The molecule has 0 amide bonds. The fourth-order valence-corrected chi connectivity index (χ4v) is 2.89. The van der Waals surface area contributed by atoms with E-state index in [0.717, 1.165) is 30.4 Å². The maximum Gasteiger partial charge on any atom is 0.160 e. The highest BCUT2D eigenvalue weighted by atomic mass is 19.2. The number of benzene rings is 3. The highest BCUT2D eigenvalue weighted by molar-refractivity contribution is 5.85. The average molecular weight is 352 g/mol. The lowest BCUT2D eigenvalue weighted by Crippen LogP contribution is -1.90. The molecule has 132 valence electrons. The molecule has 0 N–H and O–H groups in total. The predicted octanol–water partition coefficient (Wildman–Crippen LogP) is 6.39. The maximum absolute atomic E-state index is 14.7. The third kappa shape index (κ3) is 4.08. The van der Waals surface area contributed by atoms with Crippen LogP contribution in [0.4, 0.5) is 13.2 Å². The van der Waals surface area contributed by atoms with E-state index >= 15 is 0 Å². The summed E-state index contributed by atoms with van der Waals surface area (Å²) < 4.78 is 40.9. The van der Waals surface area contributed by atoms with Gasteiger partial charge in [0.1, 0.15) is 5.82 Å². The Morgan fingerprint density at radius 3 is 2.42 bits per heavy atom. The van der Waals surface area contributed by atoms with Crippen LogP contribution in [0.25, 0.3) is 10.8 Å². The normalized spacial score (nSPS) is 10.6. The SMILES string of the molecule is CCCCCc1ccc2c(F)c(C#Cc3ccc(F)c(F)c3)ccc2c1. The van der Waals surface area contributed by atoms with E-state index in [1.807, 2.05) is 18.2 Å². The first-order valence-electron chi connectivity index (χ1n) is 8.76. The van der Waals surface area contributed by atoms with E-state index in [1.165, 1.54) is 24.5 Å². The van der Waals surface area contributed by atoms with Crippen LogP contribution in [0.1, 0.15) is 42.9 Å². The van der Waals surface area contributed by atoms with Gasteiger partial charge in [0, 0.05) is 10.9 Å². The smallest absolute Gasteiger partial charge is 0.160 e. The van der Waals surface area contributed by atoms with Gasteiger partial charge in [0.05, 0.1) is 5.56 Å². The van der Waals surface area contributed by atoms with Gasteiger partial charge in [-0.15, -0.1) is 0 Å². The van der Waals surface area contributed by atoms with Crippen molar-refractivity contribution in [3.8, 4) is 11.8 Å². The molecule has 0 saturated carbocycles. The standard InChI is InChI=1S/C23H19F3/c1-2-3-4-5-16-7-12-20-19(14-16)11-10-18(23(20)26)9-6-17-8-13-21(24)22(25)15-17/h7-8,10-15H,2-5H2,1H3. The Bertz CT molecular complexity index is 993. The summed E-state index contributed by atoms with van der Waals surface area (Å²) in [6.45, 7) is 2.17. The zero-order valence-electron chi connectivity index (χ0n) is 14.6. The summed E-state index contributed by atoms with van der Waals surface area (Å²) in [5, 5.41) is 1.36. The summed E-state index contributed by atoms with van der Waals surface area (Å²) in [5.41, 5.74) is 1.74. The number of rotatable bonds is 4. The summed E-state index contributed by atoms with van der Waals surface area (Å²) in [7, 11) is 0. The van der Waals surface area contributed by atoms with Crippen LogP contribution in [0.2, 0.25) is 0 Å². The van der Waals surface area contributed by atoms with Crippen LogP contribution in [0.15, 0.2) is 48.5 Å². The summed E-state index contributed by atoms with van der Waals surface area (Å²) in [4.78, 5) is 0. The molecule has 0 nitrogen and oxygen atoms in total. The van der Waals surface area contributed by atoms with E-state index in [4.69, 9.17) is 0 Å². The van der Waals surface area contributed by atoms with Crippen LogP contribution in [-0.4, -0.2) is 0 Å². The first-order chi connectivity index (χ1) is 12.6. The van der Waals surface area contributed by atoms with Crippen molar-refractivity contribution in [3.63, 3.8) is 0 Å². The molecule has 0 bridgehead atoms. The van der Waals surface area contributed by atoms with Gasteiger partial charge in [0.15, 0.2) is 11.6 Å². The van der Waals surface area contributed by atoms with E-state index < -0.39 is 17.5 Å². The van der Waals surface area contributed by atoms with Crippen molar-refractivity contribution in [1.82, 2.24) is 0 Å². The molecule has 0 aromatic heterocycles. The highest BCUT2D eigenvalue weighted by Gasteiger charge is 2.07. The second-order valence-corrected chi connectivity index (χ2v) is 6.32. The van der Waals surface area contributed by atoms with Crippen molar-refractivity contribution in [2.45, 2.75) is 32.6 Å². The lowest BCUT2D eigenvalue weighted by Gasteiger charge is -2.06. The van der Waals surface area contributed by atoms with E-state index in [1.54, 1.807) is 12.1 Å². The number of hydrogen-bond donors (Lipinski definition) is 0. The van der Waals surface area contributed by atoms with E-state index in [0.29, 0.717) is 10.9 Å². The van der Waals surface area contributed by atoms with Crippen molar-refractivity contribution in [3.05, 3.63) is 82.7 Å². The lowest BCUT2D eigenvalue weighted by molar-refractivity contribution is 0.508. The predicted molar refractivity (Wildman–Crippen MR) is 99.5 cm³/mol. The van der Waals surface area contributed by atoms with Crippen molar-refractivity contribution in [2.24, 2.45) is 0 Å². The van der Waals surface area contributed by atoms with Crippen LogP contribution in [0.5, 0.6) is 0 Å². The Hall–Kier alpha value is -2.73. The Morgan fingerprint density at radius 2 is 1.65 bits per heavy atom. The third-order valence-electron chi connectivity index (χ3n) is 4.35. The largest absolute Gasteiger partial charge is 0.205 e. The van der Waals surface area contributed by atoms with Crippen molar-refractivity contribution in [1.29, 1.82) is 0 Å². The van der Waals surface area contributed by atoms with Gasteiger partial charge >= 0.3 is 0 Å². The number of aryl methyl sites for hydroxylation is 1. The van der Waals surface area contributed by atoms with Crippen LogP contribution < -0.4 is 0 Å². The zero-order chi connectivity index (χ0) is 18.5. The first kappa shape index (κ1) is 18.1. The minimum atomic E-state index is -0.966. The Kier molecular flexibility index (Phi) is 5.63. The number of hydrogen-bond acceptors (Lipinski definition) is 0. The third-order valence-corrected chi connectivity index (χ3v) is 4.35. The zero-order valence-corrected chi connectivity index (χ0v) is 14.6. The molecule has 0 spiro atoms. The molecule has 0 unspecified atom stereocenters. The van der Waals surface area contributed by atoms with Crippen LogP contribution >= 0.6 is 0 Å². The summed E-state index contributed by atoms with van der Waals surface area (Å²) in [5.74, 6) is 3.11. The molecule has 0 saturated heterocycles. The number of unbranched alkanes of at least 4 members (excludes halogenated alkanes) is 2. The number of halogens is 3. The molecule has 3 aromatic carbocycles. The second-order valence-electron chi connectivity index (χ2n) is 6.32. The van der Waals surface area contributed by atoms with Crippen molar-refractivity contribution in [2.75, 3.05) is 0 Å². The molecule has 0 aliphatic rings. The molecule has 0 heterocycles. The lowest BCUT2D eigenvalue weighted by atomic mass is 10.0. The van der Waals surface area contributed by atoms with E-state index in [-0.39, 0.29) is 5.56 Å². The fourth-order valence-electron chi connectivity index (χ4n) is 2.89. The molecule has 3 rings (SSSR count). The minimum absolute atomic E-state index is 0.237. The van der Waals surface area contributed by atoms with Crippen LogP contribution in [0.3, 0.4) is 0 Å². The van der Waals surface area contributed by atoms with Crippen molar-refractivity contribution < 1.29 is 13.2 Å². The Morgan fingerprint density at radius 1 is 0.808 bits per heavy atom. The van der Waals surface area contributed by atoms with Crippen molar-refractivity contribution >= 4 is 10.8 Å². The fraction of sp³-hybridized carbons (Fsp3) is 0.217. The highest BCUT2D eigenvalue weighted by Crippen LogP contribution is 2.23. The van der Waals surface area contributed by atoms with E-state index in [2.05, 4.69) is 18.8 Å². The monoisotopic (exact) mass is 352 g/mol. The van der Waals surface area contributed by atoms with Crippen LogP contribution in [-0.2, 0) is 6.42 Å². The topological polar surface area (TPSA) is 0 Å². The molecule has 3 heteroatoms. The Labute approximate surface area is 151 Å². The molecule has 0 fully saturated rings. The molecule has 26 heavy (non-hydrogen) atoms. The van der Waals surface area contributed by atoms with Gasteiger partial charge < -0.3 is 0 Å². The molecular formula is C23H19F3. The van der Waals surface area contributed by atoms with Gasteiger partial charge in [-0.25, -0.2) is 13.2 Å². The van der Waals surface area contributed by atoms with Gasteiger partial charge in [-0.2, -0.15) is 0 Å². The molecule has 0 aliphatic heterocycles. The van der Waals surface area contributed by atoms with Gasteiger partial charge in [0.25, 0.3) is 0 Å². The second kappa shape index (κ2) is 8.10. The molecule has 0 aliphatic carbocycles. The van der Waals surface area contributed by atoms with Gasteiger partial charge in [0.2, 0.25) is 0 Å². The number of fused-ring (bicyclic) bond motifs is 1. The van der Waals surface area contributed by atoms with Crippen LogP contribution in [0, 0.1) is 29.3 Å². The first-order valence-corrected chi connectivity index (χ1v) is 8.76. The molecule has 0 radical (unpaired) electrons. The molecule has 0 atom stereocenters. The average Bonchev–Trinajstić information content (AvgIpc) is 2.64. The van der Waals surface area contributed by atoms with Gasteiger partial charge in [-0.05, 0) is 48.1 Å². The van der Waals surface area contributed by atoms with E-state index in [9.17, 15) is 13.2 Å². The quantitative estimate of drug-likeness (QED) is 0.377. The van der Waals surface area contributed by atoms with Gasteiger partial charge in [-0.1, -0.05) is 55.9 Å². The molecular weight excluding hydrogens is 333 g/mol. The maximum atomic E-state index is 14.7. The molecule has 3 aromatic rings. The summed E-state index contributed by atoms with van der Waals surface area (Å²) in [6.07, 6.45) is 4.47.